The SMILES string of the molecule is CC1=CCCC(C)=C1n1cnc(C)c1. The minimum Gasteiger partial charge on any atom is -0.306 e. The Morgan fingerprint density at radius 3 is 2.64 bits per heavy atom. The van der Waals surface area contributed by atoms with Gasteiger partial charge in [0.05, 0.1) is 12.0 Å². The van der Waals surface area contributed by atoms with E-state index in [4.69, 9.17) is 0 Å². The largest absolute Gasteiger partial charge is 0.306 e. The van der Waals surface area contributed by atoms with Gasteiger partial charge in [0, 0.05) is 11.9 Å². The summed E-state index contributed by atoms with van der Waals surface area (Å²) in [6, 6.07) is 0. The average molecular weight is 188 g/mol. The molecule has 0 unspecified atom stereocenters. The summed E-state index contributed by atoms with van der Waals surface area (Å²) in [6.45, 7) is 6.41. The van der Waals surface area contributed by atoms with Crippen molar-refractivity contribution >= 4 is 5.70 Å². The van der Waals surface area contributed by atoms with Crippen LogP contribution in [0.2, 0.25) is 0 Å². The minimum absolute atomic E-state index is 1.07. The normalized spacial score (nSPS) is 17.2. The summed E-state index contributed by atoms with van der Waals surface area (Å²) in [6.07, 6.45) is 8.63. The fraction of sp³-hybridized carbons (Fsp3) is 0.417. The summed E-state index contributed by atoms with van der Waals surface area (Å²) in [7, 11) is 0. The molecule has 2 nitrogen and oxygen atoms in total. The van der Waals surface area contributed by atoms with E-state index in [1.807, 2.05) is 13.3 Å². The van der Waals surface area contributed by atoms with Crippen molar-refractivity contribution in [3.8, 4) is 0 Å². The Kier molecular flexibility index (Phi) is 2.28. The Hall–Kier alpha value is -1.31. The lowest BCUT2D eigenvalue weighted by molar-refractivity contribution is 0.913. The Morgan fingerprint density at radius 2 is 2.07 bits per heavy atom. The average Bonchev–Trinajstić information content (AvgIpc) is 2.51. The van der Waals surface area contributed by atoms with Gasteiger partial charge in [0.25, 0.3) is 0 Å². The van der Waals surface area contributed by atoms with Crippen molar-refractivity contribution < 1.29 is 0 Å². The lowest BCUT2D eigenvalue weighted by atomic mass is 9.98. The zero-order valence-electron chi connectivity index (χ0n) is 9.04. The first-order valence-corrected chi connectivity index (χ1v) is 5.06. The first kappa shape index (κ1) is 9.25. The highest BCUT2D eigenvalue weighted by atomic mass is 15.0. The maximum absolute atomic E-state index is 4.26. The van der Waals surface area contributed by atoms with Crippen LogP contribution < -0.4 is 0 Å². The van der Waals surface area contributed by atoms with E-state index in [1.54, 1.807) is 0 Å². The van der Waals surface area contributed by atoms with Gasteiger partial charge in [-0.3, -0.25) is 0 Å². The van der Waals surface area contributed by atoms with E-state index in [2.05, 4.69) is 35.7 Å². The Morgan fingerprint density at radius 1 is 1.29 bits per heavy atom. The molecule has 1 aromatic heterocycles. The molecule has 0 aromatic carbocycles. The quantitative estimate of drug-likeness (QED) is 0.662. The van der Waals surface area contributed by atoms with Gasteiger partial charge in [0.15, 0.2) is 0 Å². The first-order valence-electron chi connectivity index (χ1n) is 5.06. The summed E-state index contributed by atoms with van der Waals surface area (Å²) >= 11 is 0. The molecule has 74 valence electrons. The fourth-order valence-corrected chi connectivity index (χ4v) is 2.02. The molecule has 0 bridgehead atoms. The Bertz CT molecular complexity index is 408. The third kappa shape index (κ3) is 1.52. The lowest BCUT2D eigenvalue weighted by Crippen LogP contribution is -2.02. The molecule has 0 N–H and O–H groups in total. The molecule has 0 amide bonds. The Labute approximate surface area is 85.0 Å². The molecule has 0 aliphatic heterocycles. The van der Waals surface area contributed by atoms with Gasteiger partial charge < -0.3 is 4.57 Å². The van der Waals surface area contributed by atoms with E-state index in [0.717, 1.165) is 5.69 Å². The molecule has 0 fully saturated rings. The highest BCUT2D eigenvalue weighted by molar-refractivity contribution is 5.67. The molecule has 1 aromatic rings. The summed E-state index contributed by atoms with van der Waals surface area (Å²) < 4.78 is 2.13. The van der Waals surface area contributed by atoms with Gasteiger partial charge in [0.1, 0.15) is 0 Å². The van der Waals surface area contributed by atoms with Crippen LogP contribution in [0.1, 0.15) is 32.4 Å². The van der Waals surface area contributed by atoms with Crippen LogP contribution in [-0.4, -0.2) is 9.55 Å². The van der Waals surface area contributed by atoms with Crippen molar-refractivity contribution in [2.24, 2.45) is 0 Å². The summed E-state index contributed by atoms with van der Waals surface area (Å²) in [5.74, 6) is 0. The number of hydrogen-bond acceptors (Lipinski definition) is 1. The zero-order valence-corrected chi connectivity index (χ0v) is 9.04. The second-order valence-corrected chi connectivity index (χ2v) is 3.98. The van der Waals surface area contributed by atoms with Crippen molar-refractivity contribution in [3.05, 3.63) is 35.4 Å². The molecule has 14 heavy (non-hydrogen) atoms. The molecule has 2 heteroatoms. The van der Waals surface area contributed by atoms with Crippen molar-refractivity contribution in [2.45, 2.75) is 33.6 Å². The van der Waals surface area contributed by atoms with E-state index in [1.165, 1.54) is 29.7 Å². The summed E-state index contributed by atoms with van der Waals surface area (Å²) in [4.78, 5) is 4.26. The van der Waals surface area contributed by atoms with Crippen LogP contribution in [0.15, 0.2) is 29.7 Å². The number of rotatable bonds is 1. The van der Waals surface area contributed by atoms with E-state index >= 15 is 0 Å². The van der Waals surface area contributed by atoms with Gasteiger partial charge in [-0.2, -0.15) is 0 Å². The van der Waals surface area contributed by atoms with Crippen molar-refractivity contribution in [1.82, 2.24) is 9.55 Å². The molecule has 0 saturated heterocycles. The van der Waals surface area contributed by atoms with Gasteiger partial charge in [-0.1, -0.05) is 6.08 Å². The second-order valence-electron chi connectivity index (χ2n) is 3.98. The predicted molar refractivity (Wildman–Crippen MR) is 58.8 cm³/mol. The third-order valence-electron chi connectivity index (χ3n) is 2.72. The van der Waals surface area contributed by atoms with Gasteiger partial charge in [0.2, 0.25) is 0 Å². The third-order valence-corrected chi connectivity index (χ3v) is 2.72. The predicted octanol–water partition coefficient (Wildman–Crippen LogP) is 3.16. The summed E-state index contributed by atoms with van der Waals surface area (Å²) in [5, 5.41) is 0. The van der Waals surface area contributed by atoms with Crippen LogP contribution in [0.4, 0.5) is 0 Å². The van der Waals surface area contributed by atoms with E-state index in [-0.39, 0.29) is 0 Å². The number of hydrogen-bond donors (Lipinski definition) is 0. The maximum atomic E-state index is 4.26. The molecule has 0 saturated carbocycles. The molecule has 0 radical (unpaired) electrons. The van der Waals surface area contributed by atoms with Crippen LogP contribution in [-0.2, 0) is 0 Å². The number of imidazole rings is 1. The highest BCUT2D eigenvalue weighted by Crippen LogP contribution is 2.28. The fourth-order valence-electron chi connectivity index (χ4n) is 2.02. The van der Waals surface area contributed by atoms with Crippen molar-refractivity contribution in [2.75, 3.05) is 0 Å². The van der Waals surface area contributed by atoms with Crippen molar-refractivity contribution in [1.29, 1.82) is 0 Å². The van der Waals surface area contributed by atoms with Crippen molar-refractivity contribution in [3.63, 3.8) is 0 Å². The molecule has 1 heterocycles. The van der Waals surface area contributed by atoms with Crippen LogP contribution in [0.25, 0.3) is 5.70 Å². The minimum atomic E-state index is 1.07. The topological polar surface area (TPSA) is 17.8 Å². The maximum Gasteiger partial charge on any atom is 0.0995 e. The van der Waals surface area contributed by atoms with Gasteiger partial charge in [-0.15, -0.1) is 0 Å². The monoisotopic (exact) mass is 188 g/mol. The highest BCUT2D eigenvalue weighted by Gasteiger charge is 2.11. The van der Waals surface area contributed by atoms with Crippen LogP contribution in [0, 0.1) is 6.92 Å². The molecule has 0 spiro atoms. The van der Waals surface area contributed by atoms with Crippen LogP contribution in [0.5, 0.6) is 0 Å². The first-order chi connectivity index (χ1) is 6.68. The number of aryl methyl sites for hydroxylation is 1. The molecule has 1 aliphatic carbocycles. The standard InChI is InChI=1S/C12H16N2/c1-9-5-4-6-10(2)12(9)14-7-11(3)13-8-14/h5,7-8H,4,6H2,1-3H3. The van der Waals surface area contributed by atoms with E-state index in [0.29, 0.717) is 0 Å². The second kappa shape index (κ2) is 3.45. The van der Waals surface area contributed by atoms with Crippen LogP contribution in [0.3, 0.4) is 0 Å². The molecular weight excluding hydrogens is 172 g/mol. The van der Waals surface area contributed by atoms with Gasteiger partial charge in [-0.05, 0) is 44.8 Å². The molecular formula is C12H16N2. The number of nitrogens with zero attached hydrogens (tertiary/aromatic N) is 2. The Balaban J connectivity index is 2.46. The number of aromatic nitrogens is 2. The smallest absolute Gasteiger partial charge is 0.0995 e. The molecule has 2 rings (SSSR count). The molecule has 1 aliphatic rings. The molecule has 0 atom stereocenters. The number of allylic oxidation sites excluding steroid dienone is 4. The summed E-state index contributed by atoms with van der Waals surface area (Å²) in [5.41, 5.74) is 5.23. The van der Waals surface area contributed by atoms with Gasteiger partial charge >= 0.3 is 0 Å². The van der Waals surface area contributed by atoms with Gasteiger partial charge in [-0.25, -0.2) is 4.98 Å². The lowest BCUT2D eigenvalue weighted by Gasteiger charge is -2.17. The van der Waals surface area contributed by atoms with E-state index < -0.39 is 0 Å². The van der Waals surface area contributed by atoms with Crippen LogP contribution >= 0.6 is 0 Å². The zero-order chi connectivity index (χ0) is 10.1. The van der Waals surface area contributed by atoms with E-state index in [9.17, 15) is 0 Å².